The number of halogens is 2. The fraction of sp³-hybridized carbons (Fsp3) is 0.571. The number of rotatable bonds is 5. The number of thiophene rings is 1. The molecule has 0 spiro atoms. The van der Waals surface area contributed by atoms with Crippen molar-refractivity contribution in [1.82, 2.24) is 10.6 Å². The molecule has 0 aromatic carbocycles. The van der Waals surface area contributed by atoms with E-state index in [2.05, 4.69) is 26.6 Å². The van der Waals surface area contributed by atoms with Crippen LogP contribution in [0.15, 0.2) is 15.9 Å². The zero-order valence-corrected chi connectivity index (χ0v) is 15.6. The van der Waals surface area contributed by atoms with Crippen LogP contribution in [0.1, 0.15) is 42.3 Å². The van der Waals surface area contributed by atoms with Crippen LogP contribution < -0.4 is 16.4 Å². The highest BCUT2D eigenvalue weighted by Crippen LogP contribution is 2.28. The van der Waals surface area contributed by atoms with Gasteiger partial charge in [-0.15, -0.1) is 23.7 Å². The van der Waals surface area contributed by atoms with Crippen molar-refractivity contribution >= 4 is 51.5 Å². The Morgan fingerprint density at radius 2 is 2.05 bits per heavy atom. The Hall–Kier alpha value is -0.630. The van der Waals surface area contributed by atoms with Gasteiger partial charge in [0.15, 0.2) is 0 Å². The largest absolute Gasteiger partial charge is 0.348 e. The molecule has 1 heterocycles. The Morgan fingerprint density at radius 3 is 2.55 bits per heavy atom. The van der Waals surface area contributed by atoms with Crippen LogP contribution in [0.5, 0.6) is 0 Å². The Bertz CT molecular complexity index is 532. The van der Waals surface area contributed by atoms with Crippen LogP contribution in [0, 0.1) is 0 Å². The molecule has 1 fully saturated rings. The molecule has 0 saturated heterocycles. The lowest BCUT2D eigenvalue weighted by atomic mass is 9.97. The molecule has 0 bridgehead atoms. The first-order chi connectivity index (χ1) is 9.96. The van der Waals surface area contributed by atoms with Crippen LogP contribution in [0.2, 0.25) is 0 Å². The summed E-state index contributed by atoms with van der Waals surface area (Å²) in [5.41, 5.74) is 5.52. The Balaban J connectivity index is 0.00000242. The molecule has 1 aliphatic carbocycles. The van der Waals surface area contributed by atoms with E-state index in [9.17, 15) is 9.59 Å². The molecule has 1 aliphatic rings. The van der Waals surface area contributed by atoms with Gasteiger partial charge in [-0.05, 0) is 47.8 Å². The summed E-state index contributed by atoms with van der Waals surface area (Å²) in [4.78, 5) is 24.9. The highest BCUT2D eigenvalue weighted by molar-refractivity contribution is 9.11. The molecule has 1 aromatic heterocycles. The Labute approximate surface area is 148 Å². The van der Waals surface area contributed by atoms with Gasteiger partial charge >= 0.3 is 0 Å². The molecule has 2 rings (SSSR count). The van der Waals surface area contributed by atoms with Gasteiger partial charge in [-0.25, -0.2) is 0 Å². The summed E-state index contributed by atoms with van der Waals surface area (Å²) >= 11 is 4.65. The van der Waals surface area contributed by atoms with Crippen molar-refractivity contribution in [2.24, 2.45) is 5.73 Å². The standard InChI is InChI=1S/C14H20BrN3O2S.ClH/c1-9(17-13(20)10-4-5-11(15)21-10)12(19)18-14(8-16)6-2-3-7-14;/h4-5,9H,2-3,6-8,16H2,1H3,(H,17,20)(H,18,19);1H. The number of hydrogen-bond acceptors (Lipinski definition) is 4. The average Bonchev–Trinajstić information content (AvgIpc) is 3.08. The minimum Gasteiger partial charge on any atom is -0.348 e. The summed E-state index contributed by atoms with van der Waals surface area (Å²) in [6.45, 7) is 2.13. The van der Waals surface area contributed by atoms with Gasteiger partial charge in [-0.2, -0.15) is 0 Å². The number of nitrogens with one attached hydrogen (secondary N) is 2. The van der Waals surface area contributed by atoms with Crippen molar-refractivity contribution in [2.45, 2.75) is 44.2 Å². The molecule has 1 aromatic rings. The highest BCUT2D eigenvalue weighted by atomic mass is 79.9. The second-order valence-electron chi connectivity index (χ2n) is 5.48. The second kappa shape index (κ2) is 8.29. The van der Waals surface area contributed by atoms with E-state index in [0.29, 0.717) is 11.4 Å². The van der Waals surface area contributed by atoms with Crippen LogP contribution >= 0.6 is 39.7 Å². The summed E-state index contributed by atoms with van der Waals surface area (Å²) in [7, 11) is 0. The van der Waals surface area contributed by atoms with Crippen LogP contribution in [0.3, 0.4) is 0 Å². The highest BCUT2D eigenvalue weighted by Gasteiger charge is 2.35. The van der Waals surface area contributed by atoms with Crippen molar-refractivity contribution in [1.29, 1.82) is 0 Å². The minimum absolute atomic E-state index is 0. The molecule has 22 heavy (non-hydrogen) atoms. The third kappa shape index (κ3) is 4.68. The molecule has 1 atom stereocenters. The third-order valence-corrected chi connectivity index (χ3v) is 5.50. The first-order valence-corrected chi connectivity index (χ1v) is 8.65. The fourth-order valence-electron chi connectivity index (χ4n) is 2.57. The topological polar surface area (TPSA) is 84.2 Å². The van der Waals surface area contributed by atoms with E-state index in [0.717, 1.165) is 29.5 Å². The van der Waals surface area contributed by atoms with Crippen LogP contribution in [0.25, 0.3) is 0 Å². The quantitative estimate of drug-likeness (QED) is 0.697. The molecule has 1 unspecified atom stereocenters. The summed E-state index contributed by atoms with van der Waals surface area (Å²) in [5.74, 6) is -0.409. The van der Waals surface area contributed by atoms with Crippen LogP contribution in [0.4, 0.5) is 0 Å². The summed E-state index contributed by atoms with van der Waals surface area (Å²) in [6, 6.07) is 2.96. The number of hydrogen-bond donors (Lipinski definition) is 3. The molecule has 5 nitrogen and oxygen atoms in total. The maximum absolute atomic E-state index is 12.2. The first-order valence-electron chi connectivity index (χ1n) is 7.04. The van der Waals surface area contributed by atoms with Gasteiger partial charge in [-0.1, -0.05) is 12.8 Å². The maximum atomic E-state index is 12.2. The number of carbonyl (C=O) groups excluding carboxylic acids is 2. The molecule has 124 valence electrons. The molecular formula is C14H21BrClN3O2S. The molecular weight excluding hydrogens is 390 g/mol. The average molecular weight is 411 g/mol. The minimum atomic E-state index is -0.581. The molecule has 0 aliphatic heterocycles. The van der Waals surface area contributed by atoms with Crippen molar-refractivity contribution in [3.05, 3.63) is 20.8 Å². The maximum Gasteiger partial charge on any atom is 0.262 e. The van der Waals surface area contributed by atoms with E-state index in [1.54, 1.807) is 13.0 Å². The SMILES string of the molecule is CC(NC(=O)c1ccc(Br)s1)C(=O)NC1(CN)CCCC1.Cl. The van der Waals surface area contributed by atoms with Crippen molar-refractivity contribution < 1.29 is 9.59 Å². The zero-order chi connectivity index (χ0) is 15.5. The lowest BCUT2D eigenvalue weighted by Crippen LogP contribution is -2.56. The number of carbonyl (C=O) groups is 2. The van der Waals surface area contributed by atoms with Crippen molar-refractivity contribution in [3.8, 4) is 0 Å². The van der Waals surface area contributed by atoms with E-state index in [-0.39, 0.29) is 29.8 Å². The lowest BCUT2D eigenvalue weighted by molar-refractivity contribution is -0.124. The van der Waals surface area contributed by atoms with Gasteiger partial charge in [0.05, 0.1) is 14.2 Å². The monoisotopic (exact) mass is 409 g/mol. The second-order valence-corrected chi connectivity index (χ2v) is 7.94. The summed E-state index contributed by atoms with van der Waals surface area (Å²) in [5, 5.41) is 5.74. The van der Waals surface area contributed by atoms with Gasteiger partial charge in [0.2, 0.25) is 5.91 Å². The van der Waals surface area contributed by atoms with E-state index in [1.165, 1.54) is 11.3 Å². The number of amides is 2. The summed E-state index contributed by atoms with van der Waals surface area (Å²) in [6.07, 6.45) is 3.99. The van der Waals surface area contributed by atoms with Gasteiger partial charge in [0.25, 0.3) is 5.91 Å². The van der Waals surface area contributed by atoms with Gasteiger partial charge < -0.3 is 16.4 Å². The van der Waals surface area contributed by atoms with Crippen molar-refractivity contribution in [2.75, 3.05) is 6.54 Å². The van der Waals surface area contributed by atoms with Crippen LogP contribution in [-0.4, -0.2) is 29.9 Å². The van der Waals surface area contributed by atoms with E-state index in [4.69, 9.17) is 5.73 Å². The normalized spacial score (nSPS) is 17.4. The molecule has 1 saturated carbocycles. The fourth-order valence-corrected chi connectivity index (χ4v) is 3.86. The van der Waals surface area contributed by atoms with E-state index in [1.807, 2.05) is 6.07 Å². The predicted molar refractivity (Wildman–Crippen MR) is 94.6 cm³/mol. The molecule has 0 radical (unpaired) electrons. The summed E-state index contributed by atoms with van der Waals surface area (Å²) < 4.78 is 0.887. The van der Waals surface area contributed by atoms with Gasteiger partial charge in [0.1, 0.15) is 6.04 Å². The van der Waals surface area contributed by atoms with Gasteiger partial charge in [-0.3, -0.25) is 9.59 Å². The molecule has 2 amide bonds. The zero-order valence-electron chi connectivity index (χ0n) is 12.4. The Kier molecular flexibility index (Phi) is 7.31. The first kappa shape index (κ1) is 19.4. The molecule has 4 N–H and O–H groups in total. The smallest absolute Gasteiger partial charge is 0.262 e. The van der Waals surface area contributed by atoms with Crippen LogP contribution in [-0.2, 0) is 4.79 Å². The predicted octanol–water partition coefficient (Wildman–Crippen LogP) is 2.44. The third-order valence-electron chi connectivity index (χ3n) is 3.88. The Morgan fingerprint density at radius 1 is 1.41 bits per heavy atom. The van der Waals surface area contributed by atoms with E-state index >= 15 is 0 Å². The van der Waals surface area contributed by atoms with Gasteiger partial charge in [0, 0.05) is 6.54 Å². The number of nitrogens with two attached hydrogens (primary N) is 1. The molecule has 8 heteroatoms. The lowest BCUT2D eigenvalue weighted by Gasteiger charge is -2.30. The van der Waals surface area contributed by atoms with E-state index < -0.39 is 6.04 Å². The van der Waals surface area contributed by atoms with Crippen molar-refractivity contribution in [3.63, 3.8) is 0 Å².